The van der Waals surface area contributed by atoms with Crippen LogP contribution >= 0.6 is 0 Å². The van der Waals surface area contributed by atoms with Crippen molar-refractivity contribution < 1.29 is 4.42 Å². The monoisotopic (exact) mass is 377 g/mol. The summed E-state index contributed by atoms with van der Waals surface area (Å²) in [6.07, 6.45) is 0. The smallest absolute Gasteiger partial charge is 0.137 e. The quantitative estimate of drug-likeness (QED) is 0.348. The molecule has 0 spiro atoms. The fraction of sp³-hybridized carbons (Fsp3) is 0.111. The van der Waals surface area contributed by atoms with Crippen molar-refractivity contribution >= 4 is 33.3 Å². The van der Waals surface area contributed by atoms with Crippen LogP contribution in [0.4, 0.5) is 11.4 Å². The van der Waals surface area contributed by atoms with E-state index < -0.39 is 0 Å². The van der Waals surface area contributed by atoms with Crippen molar-refractivity contribution in [2.24, 2.45) is 0 Å². The standard InChI is InChI=1S/C27H23NO/c1-27(2,19-8-4-3-5-9-19)20-12-14-21(15-13-20)28-22-16-17-24-23-10-6-7-11-25(23)29-26(24)18-22/h3-18,28H,1-2H3. The van der Waals surface area contributed by atoms with E-state index in [4.69, 9.17) is 4.42 Å². The lowest BCUT2D eigenvalue weighted by atomic mass is 9.78. The van der Waals surface area contributed by atoms with Crippen LogP contribution in [0.5, 0.6) is 0 Å². The van der Waals surface area contributed by atoms with E-state index in [2.05, 4.69) is 98.0 Å². The SMILES string of the molecule is CC(C)(c1ccccc1)c1ccc(Nc2ccc3c(c2)oc2ccccc23)cc1. The number of hydrogen-bond donors (Lipinski definition) is 1. The van der Waals surface area contributed by atoms with Gasteiger partial charge in [0.25, 0.3) is 0 Å². The number of benzene rings is 4. The summed E-state index contributed by atoms with van der Waals surface area (Å²) in [5, 5.41) is 5.80. The van der Waals surface area contributed by atoms with Gasteiger partial charge in [-0.25, -0.2) is 0 Å². The van der Waals surface area contributed by atoms with Crippen molar-refractivity contribution in [3.8, 4) is 0 Å². The molecule has 0 unspecified atom stereocenters. The summed E-state index contributed by atoms with van der Waals surface area (Å²) in [7, 11) is 0. The Kier molecular flexibility index (Phi) is 4.13. The van der Waals surface area contributed by atoms with Gasteiger partial charge < -0.3 is 9.73 Å². The lowest BCUT2D eigenvalue weighted by Crippen LogP contribution is -2.18. The lowest BCUT2D eigenvalue weighted by molar-refractivity contribution is 0.641. The molecule has 0 fully saturated rings. The van der Waals surface area contributed by atoms with Crippen LogP contribution in [0.2, 0.25) is 0 Å². The highest BCUT2D eigenvalue weighted by Gasteiger charge is 2.22. The largest absolute Gasteiger partial charge is 0.456 e. The predicted octanol–water partition coefficient (Wildman–Crippen LogP) is 7.66. The predicted molar refractivity (Wildman–Crippen MR) is 122 cm³/mol. The zero-order valence-corrected chi connectivity index (χ0v) is 16.6. The maximum absolute atomic E-state index is 6.00. The number of rotatable bonds is 4. The Morgan fingerprint density at radius 3 is 2.00 bits per heavy atom. The van der Waals surface area contributed by atoms with E-state index >= 15 is 0 Å². The van der Waals surface area contributed by atoms with E-state index in [1.54, 1.807) is 0 Å². The average molecular weight is 377 g/mol. The summed E-state index contributed by atoms with van der Waals surface area (Å²) in [4.78, 5) is 0. The van der Waals surface area contributed by atoms with Gasteiger partial charge in [0, 0.05) is 33.6 Å². The summed E-state index contributed by atoms with van der Waals surface area (Å²) in [6, 6.07) is 33.8. The molecule has 142 valence electrons. The Hall–Kier alpha value is -3.52. The van der Waals surface area contributed by atoms with Gasteiger partial charge in [-0.3, -0.25) is 0 Å². The van der Waals surface area contributed by atoms with Crippen molar-refractivity contribution in [3.63, 3.8) is 0 Å². The van der Waals surface area contributed by atoms with Gasteiger partial charge in [0.1, 0.15) is 11.2 Å². The third-order valence-corrected chi connectivity index (χ3v) is 5.77. The van der Waals surface area contributed by atoms with E-state index in [-0.39, 0.29) is 5.41 Å². The first-order chi connectivity index (χ1) is 14.1. The first-order valence-corrected chi connectivity index (χ1v) is 9.96. The van der Waals surface area contributed by atoms with Crippen LogP contribution in [0.3, 0.4) is 0 Å². The summed E-state index contributed by atoms with van der Waals surface area (Å²) < 4.78 is 6.00. The molecule has 0 atom stereocenters. The molecule has 0 radical (unpaired) electrons. The molecule has 0 saturated heterocycles. The van der Waals surface area contributed by atoms with E-state index in [0.717, 1.165) is 33.3 Å². The highest BCUT2D eigenvalue weighted by Crippen LogP contribution is 2.33. The Morgan fingerprint density at radius 2 is 1.21 bits per heavy atom. The molecule has 0 saturated carbocycles. The van der Waals surface area contributed by atoms with Gasteiger partial charge >= 0.3 is 0 Å². The third-order valence-electron chi connectivity index (χ3n) is 5.77. The molecule has 5 rings (SSSR count). The van der Waals surface area contributed by atoms with Gasteiger partial charge in [-0.2, -0.15) is 0 Å². The Bertz CT molecular complexity index is 1280. The molecule has 1 aromatic heterocycles. The molecule has 1 N–H and O–H groups in total. The molecule has 4 aromatic carbocycles. The fourth-order valence-corrected chi connectivity index (χ4v) is 3.96. The van der Waals surface area contributed by atoms with Gasteiger partial charge in [0.15, 0.2) is 0 Å². The van der Waals surface area contributed by atoms with Crippen LogP contribution in [0.1, 0.15) is 25.0 Å². The van der Waals surface area contributed by atoms with Crippen molar-refractivity contribution in [3.05, 3.63) is 108 Å². The first kappa shape index (κ1) is 17.6. The molecule has 0 aliphatic rings. The van der Waals surface area contributed by atoms with Gasteiger partial charge in [-0.15, -0.1) is 0 Å². The summed E-state index contributed by atoms with van der Waals surface area (Å²) in [5.74, 6) is 0. The van der Waals surface area contributed by atoms with Crippen molar-refractivity contribution in [1.29, 1.82) is 0 Å². The second-order valence-corrected chi connectivity index (χ2v) is 8.00. The molecule has 1 heterocycles. The number of para-hydroxylation sites is 1. The molecule has 0 aliphatic heterocycles. The second kappa shape index (κ2) is 6.82. The normalized spacial score (nSPS) is 11.8. The number of nitrogens with one attached hydrogen (secondary N) is 1. The van der Waals surface area contributed by atoms with Gasteiger partial charge in [-0.05, 0) is 41.5 Å². The number of fused-ring (bicyclic) bond motifs is 3. The Labute approximate surface area is 170 Å². The minimum absolute atomic E-state index is 0.0347. The summed E-state index contributed by atoms with van der Waals surface area (Å²) in [5.41, 5.74) is 6.48. The highest BCUT2D eigenvalue weighted by atomic mass is 16.3. The van der Waals surface area contributed by atoms with Gasteiger partial charge in [-0.1, -0.05) is 74.5 Å². The van der Waals surface area contributed by atoms with Crippen LogP contribution in [0.15, 0.2) is 101 Å². The Morgan fingerprint density at radius 1 is 0.586 bits per heavy atom. The molecular formula is C27H23NO. The van der Waals surface area contributed by atoms with Crippen LogP contribution < -0.4 is 5.32 Å². The minimum atomic E-state index is -0.0347. The molecule has 0 aliphatic carbocycles. The van der Waals surface area contributed by atoms with Crippen molar-refractivity contribution in [2.45, 2.75) is 19.3 Å². The highest BCUT2D eigenvalue weighted by molar-refractivity contribution is 6.05. The number of anilines is 2. The maximum Gasteiger partial charge on any atom is 0.137 e. The molecular weight excluding hydrogens is 354 g/mol. The molecule has 2 nitrogen and oxygen atoms in total. The lowest BCUT2D eigenvalue weighted by Gasteiger charge is -2.26. The molecule has 0 amide bonds. The van der Waals surface area contributed by atoms with Crippen LogP contribution in [-0.2, 0) is 5.41 Å². The van der Waals surface area contributed by atoms with E-state index in [1.165, 1.54) is 11.1 Å². The van der Waals surface area contributed by atoms with E-state index in [9.17, 15) is 0 Å². The summed E-state index contributed by atoms with van der Waals surface area (Å²) >= 11 is 0. The fourth-order valence-electron chi connectivity index (χ4n) is 3.96. The van der Waals surface area contributed by atoms with Crippen LogP contribution in [0, 0.1) is 0 Å². The Balaban J connectivity index is 1.41. The summed E-state index contributed by atoms with van der Waals surface area (Å²) in [6.45, 7) is 4.53. The molecule has 0 bridgehead atoms. The van der Waals surface area contributed by atoms with E-state index in [0.29, 0.717) is 0 Å². The molecule has 29 heavy (non-hydrogen) atoms. The van der Waals surface area contributed by atoms with Gasteiger partial charge in [0.2, 0.25) is 0 Å². The van der Waals surface area contributed by atoms with Crippen molar-refractivity contribution in [2.75, 3.05) is 5.32 Å². The molecule has 2 heteroatoms. The minimum Gasteiger partial charge on any atom is -0.456 e. The van der Waals surface area contributed by atoms with E-state index in [1.807, 2.05) is 18.2 Å². The average Bonchev–Trinajstić information content (AvgIpc) is 3.12. The zero-order chi connectivity index (χ0) is 19.8. The van der Waals surface area contributed by atoms with Gasteiger partial charge in [0.05, 0.1) is 0 Å². The van der Waals surface area contributed by atoms with Crippen LogP contribution in [0.25, 0.3) is 21.9 Å². The zero-order valence-electron chi connectivity index (χ0n) is 16.6. The first-order valence-electron chi connectivity index (χ1n) is 9.96. The second-order valence-electron chi connectivity index (χ2n) is 8.00. The van der Waals surface area contributed by atoms with Crippen molar-refractivity contribution in [1.82, 2.24) is 0 Å². The number of furan rings is 1. The van der Waals surface area contributed by atoms with Crippen LogP contribution in [-0.4, -0.2) is 0 Å². The third kappa shape index (κ3) is 3.17. The maximum atomic E-state index is 6.00. The topological polar surface area (TPSA) is 25.2 Å². The number of hydrogen-bond acceptors (Lipinski definition) is 2. The molecule has 5 aromatic rings.